The van der Waals surface area contributed by atoms with Crippen molar-refractivity contribution in [1.29, 1.82) is 0 Å². The molecule has 6 heteroatoms. The first-order valence-corrected chi connectivity index (χ1v) is 5.24. The van der Waals surface area contributed by atoms with Crippen molar-refractivity contribution in [2.45, 2.75) is 11.3 Å². The molecule has 1 aromatic rings. The monoisotopic (exact) mass is 230 g/mol. The van der Waals surface area contributed by atoms with E-state index in [1.165, 1.54) is 23.9 Å². The van der Waals surface area contributed by atoms with Gasteiger partial charge >= 0.3 is 5.97 Å². The van der Waals surface area contributed by atoms with Gasteiger partial charge in [-0.25, -0.2) is 10.2 Å². The highest BCUT2D eigenvalue weighted by Crippen LogP contribution is 2.18. The predicted molar refractivity (Wildman–Crippen MR) is 55.2 cm³/mol. The number of carbonyl (C=O) groups excluding carboxylic acids is 1. The summed E-state index contributed by atoms with van der Waals surface area (Å²) in [6, 6.07) is 6.07. The molecule has 4 nitrogen and oxygen atoms in total. The zero-order chi connectivity index (χ0) is 11.1. The van der Waals surface area contributed by atoms with Crippen molar-refractivity contribution >= 4 is 17.7 Å². The van der Waals surface area contributed by atoms with E-state index in [1.807, 2.05) is 5.59 Å². The van der Waals surface area contributed by atoms with Gasteiger partial charge in [-0.3, -0.25) is 4.79 Å². The lowest BCUT2D eigenvalue weighted by Gasteiger charge is -2.01. The molecule has 0 atom stereocenters. The minimum atomic E-state index is -0.424. The van der Waals surface area contributed by atoms with E-state index in [-0.39, 0.29) is 12.2 Å². The zero-order valence-corrected chi connectivity index (χ0v) is 8.72. The molecule has 0 aliphatic rings. The number of carbonyl (C=O) groups is 1. The van der Waals surface area contributed by atoms with E-state index in [0.29, 0.717) is 5.75 Å². The molecule has 15 heavy (non-hydrogen) atoms. The lowest BCUT2D eigenvalue weighted by atomic mass is 10.4. The Hall–Kier alpha value is -1.11. The molecule has 82 valence electrons. The van der Waals surface area contributed by atoms with Crippen LogP contribution >= 0.6 is 11.8 Å². The summed E-state index contributed by atoms with van der Waals surface area (Å²) in [5, 5.41) is 0. The maximum Gasteiger partial charge on any atom is 0.327 e. The molecule has 0 radical (unpaired) electrons. The highest BCUT2D eigenvalue weighted by Gasteiger charge is 2.02. The first kappa shape index (κ1) is 12.0. The number of hydrogen-bond donors (Lipinski definition) is 2. The number of hydrazine groups is 1. The van der Waals surface area contributed by atoms with Crippen LogP contribution in [-0.4, -0.2) is 11.7 Å². The van der Waals surface area contributed by atoms with Gasteiger partial charge in [-0.1, -0.05) is 5.59 Å². The molecular formula is C9H11FN2O2S. The number of thioether (sulfide) groups is 1. The van der Waals surface area contributed by atoms with Crippen molar-refractivity contribution in [3.05, 3.63) is 30.1 Å². The van der Waals surface area contributed by atoms with E-state index in [1.54, 1.807) is 12.1 Å². The van der Waals surface area contributed by atoms with Crippen LogP contribution in [0.25, 0.3) is 0 Å². The Morgan fingerprint density at radius 2 is 2.13 bits per heavy atom. The normalized spacial score (nSPS) is 10.0. The summed E-state index contributed by atoms with van der Waals surface area (Å²) in [7, 11) is 0. The van der Waals surface area contributed by atoms with Gasteiger partial charge in [-0.2, -0.15) is 0 Å². The van der Waals surface area contributed by atoms with Crippen LogP contribution in [0.1, 0.15) is 6.42 Å². The third-order valence-corrected chi connectivity index (χ3v) is 2.58. The Kier molecular flexibility index (Phi) is 5.09. The van der Waals surface area contributed by atoms with Crippen LogP contribution in [-0.2, 0) is 9.63 Å². The minimum Gasteiger partial charge on any atom is -0.356 e. The summed E-state index contributed by atoms with van der Waals surface area (Å²) >= 11 is 1.45. The summed E-state index contributed by atoms with van der Waals surface area (Å²) in [6.07, 6.45) is 0.242. The fraction of sp³-hybridized carbons (Fsp3) is 0.222. The van der Waals surface area contributed by atoms with Crippen molar-refractivity contribution < 1.29 is 14.0 Å². The second-order valence-corrected chi connectivity index (χ2v) is 3.81. The standard InChI is InChI=1S/C9H11FN2O2S/c10-7-1-3-8(4-2-7)15-6-5-9(13)14-12-11/h1-4,12H,5-6,11H2. The highest BCUT2D eigenvalue weighted by atomic mass is 32.2. The summed E-state index contributed by atoms with van der Waals surface area (Å²) in [5.41, 5.74) is 1.82. The number of rotatable bonds is 5. The van der Waals surface area contributed by atoms with Gasteiger partial charge in [-0.15, -0.1) is 11.8 Å². The second-order valence-electron chi connectivity index (χ2n) is 2.64. The molecule has 0 unspecified atom stereocenters. The summed E-state index contributed by atoms with van der Waals surface area (Å²) < 4.78 is 12.5. The van der Waals surface area contributed by atoms with Gasteiger partial charge in [0.2, 0.25) is 0 Å². The Labute approximate surface area is 90.9 Å². The van der Waals surface area contributed by atoms with Crippen molar-refractivity contribution in [2.75, 3.05) is 5.75 Å². The SMILES string of the molecule is NNOC(=O)CCSc1ccc(F)cc1. The fourth-order valence-corrected chi connectivity index (χ4v) is 1.73. The van der Waals surface area contributed by atoms with Crippen molar-refractivity contribution in [1.82, 2.24) is 5.59 Å². The average Bonchev–Trinajstić information content (AvgIpc) is 2.21. The molecule has 0 aromatic heterocycles. The summed E-state index contributed by atoms with van der Waals surface area (Å²) in [5.74, 6) is 4.65. The number of halogens is 1. The molecule has 0 bridgehead atoms. The smallest absolute Gasteiger partial charge is 0.327 e. The molecule has 0 aliphatic heterocycles. The van der Waals surface area contributed by atoms with Crippen molar-refractivity contribution in [3.63, 3.8) is 0 Å². The first-order valence-electron chi connectivity index (χ1n) is 4.26. The number of benzene rings is 1. The van der Waals surface area contributed by atoms with E-state index in [9.17, 15) is 9.18 Å². The van der Waals surface area contributed by atoms with Crippen LogP contribution in [0, 0.1) is 5.82 Å². The van der Waals surface area contributed by atoms with E-state index < -0.39 is 5.97 Å². The van der Waals surface area contributed by atoms with Gasteiger partial charge in [0.1, 0.15) is 5.82 Å². The first-order chi connectivity index (χ1) is 7.22. The van der Waals surface area contributed by atoms with E-state index in [2.05, 4.69) is 4.84 Å². The lowest BCUT2D eigenvalue weighted by Crippen LogP contribution is -2.26. The summed E-state index contributed by atoms with van der Waals surface area (Å²) in [6.45, 7) is 0. The van der Waals surface area contributed by atoms with Gasteiger partial charge in [0.15, 0.2) is 0 Å². The predicted octanol–water partition coefficient (Wildman–Crippen LogP) is 1.23. The molecule has 1 rings (SSSR count). The van der Waals surface area contributed by atoms with Crippen LogP contribution in [0.4, 0.5) is 4.39 Å². The molecule has 0 saturated heterocycles. The van der Waals surface area contributed by atoms with Crippen LogP contribution < -0.4 is 11.4 Å². The van der Waals surface area contributed by atoms with E-state index >= 15 is 0 Å². The van der Waals surface area contributed by atoms with Gasteiger partial charge in [0.05, 0.1) is 6.42 Å². The molecule has 0 heterocycles. The maximum absolute atomic E-state index is 12.5. The van der Waals surface area contributed by atoms with Crippen LogP contribution in [0.5, 0.6) is 0 Å². The molecule has 0 spiro atoms. The topological polar surface area (TPSA) is 64.3 Å². The largest absolute Gasteiger partial charge is 0.356 e. The quantitative estimate of drug-likeness (QED) is 0.452. The second kappa shape index (κ2) is 6.39. The van der Waals surface area contributed by atoms with Gasteiger partial charge < -0.3 is 4.84 Å². The fourth-order valence-electron chi connectivity index (χ4n) is 0.900. The van der Waals surface area contributed by atoms with Crippen molar-refractivity contribution in [2.24, 2.45) is 5.84 Å². The molecule has 0 saturated carbocycles. The average molecular weight is 230 g/mol. The van der Waals surface area contributed by atoms with Gasteiger partial charge in [0.25, 0.3) is 0 Å². The van der Waals surface area contributed by atoms with Crippen LogP contribution in [0.15, 0.2) is 29.2 Å². The molecule has 0 amide bonds. The molecule has 1 aromatic carbocycles. The van der Waals surface area contributed by atoms with Gasteiger partial charge in [0, 0.05) is 10.6 Å². The lowest BCUT2D eigenvalue weighted by molar-refractivity contribution is -0.150. The Bertz CT molecular complexity index is 318. The Balaban J connectivity index is 2.26. The third-order valence-electron chi connectivity index (χ3n) is 1.56. The number of hydrogen-bond acceptors (Lipinski definition) is 5. The van der Waals surface area contributed by atoms with E-state index in [4.69, 9.17) is 5.84 Å². The number of nitrogens with one attached hydrogen (secondary N) is 1. The number of nitrogens with two attached hydrogens (primary N) is 1. The van der Waals surface area contributed by atoms with Crippen LogP contribution in [0.2, 0.25) is 0 Å². The Morgan fingerprint density at radius 1 is 1.47 bits per heavy atom. The van der Waals surface area contributed by atoms with Crippen molar-refractivity contribution in [3.8, 4) is 0 Å². The molecule has 3 N–H and O–H groups in total. The maximum atomic E-state index is 12.5. The van der Waals surface area contributed by atoms with Crippen LogP contribution in [0.3, 0.4) is 0 Å². The van der Waals surface area contributed by atoms with Gasteiger partial charge in [-0.05, 0) is 24.3 Å². The third kappa shape index (κ3) is 4.78. The minimum absolute atomic E-state index is 0.242. The van der Waals surface area contributed by atoms with E-state index in [0.717, 1.165) is 4.90 Å². The highest BCUT2D eigenvalue weighted by molar-refractivity contribution is 7.99. The molecule has 0 aliphatic carbocycles. The molecular weight excluding hydrogens is 219 g/mol. The summed E-state index contributed by atoms with van der Waals surface area (Å²) in [4.78, 5) is 16.1. The Morgan fingerprint density at radius 3 is 2.73 bits per heavy atom. The zero-order valence-electron chi connectivity index (χ0n) is 7.90. The molecule has 0 fully saturated rings.